The van der Waals surface area contributed by atoms with E-state index in [1.54, 1.807) is 24.3 Å². The Morgan fingerprint density at radius 1 is 1.00 bits per heavy atom. The summed E-state index contributed by atoms with van der Waals surface area (Å²) in [6.07, 6.45) is 1.55. The number of piperazine rings is 1. The van der Waals surface area contributed by atoms with E-state index in [1.807, 2.05) is 17.9 Å². The van der Waals surface area contributed by atoms with Crippen molar-refractivity contribution in [1.29, 1.82) is 0 Å². The lowest BCUT2D eigenvalue weighted by Crippen LogP contribution is -2.49. The third-order valence-corrected chi connectivity index (χ3v) is 6.57. The van der Waals surface area contributed by atoms with Crippen LogP contribution in [0.4, 0.5) is 5.69 Å². The molecule has 1 saturated heterocycles. The number of rotatable bonds is 8. The molecular formula is C22H29N3O3S. The van der Waals surface area contributed by atoms with Crippen LogP contribution in [0.15, 0.2) is 54.6 Å². The highest BCUT2D eigenvalue weighted by atomic mass is 32.2. The van der Waals surface area contributed by atoms with E-state index >= 15 is 0 Å². The molecule has 0 saturated carbocycles. The zero-order chi connectivity index (χ0) is 20.7. The second kappa shape index (κ2) is 9.89. The highest BCUT2D eigenvalue weighted by Crippen LogP contribution is 2.16. The van der Waals surface area contributed by atoms with Crippen LogP contribution >= 0.6 is 0 Å². The molecular weight excluding hydrogens is 386 g/mol. The maximum atomic E-state index is 12.9. The predicted octanol–water partition coefficient (Wildman–Crippen LogP) is 2.84. The maximum Gasteiger partial charge on any atom is 0.254 e. The zero-order valence-electron chi connectivity index (χ0n) is 16.9. The number of carbonyl (C=O) groups is 1. The van der Waals surface area contributed by atoms with Gasteiger partial charge in [0.15, 0.2) is 0 Å². The minimum absolute atomic E-state index is 0.0516. The van der Waals surface area contributed by atoms with Crippen molar-refractivity contribution in [3.63, 3.8) is 0 Å². The summed E-state index contributed by atoms with van der Waals surface area (Å²) in [4.78, 5) is 17.1. The first-order valence-corrected chi connectivity index (χ1v) is 11.8. The summed E-state index contributed by atoms with van der Waals surface area (Å²) in [5.74, 6) is 0.0140. The van der Waals surface area contributed by atoms with E-state index in [4.69, 9.17) is 0 Å². The van der Waals surface area contributed by atoms with Crippen LogP contribution < -0.4 is 4.72 Å². The van der Waals surface area contributed by atoms with Crippen LogP contribution in [-0.4, -0.2) is 62.6 Å². The van der Waals surface area contributed by atoms with Gasteiger partial charge in [0.1, 0.15) is 0 Å². The molecule has 0 atom stereocenters. The van der Waals surface area contributed by atoms with E-state index < -0.39 is 10.0 Å². The van der Waals surface area contributed by atoms with Gasteiger partial charge in [-0.15, -0.1) is 0 Å². The number of amides is 1. The smallest absolute Gasteiger partial charge is 0.254 e. The molecule has 0 spiro atoms. The van der Waals surface area contributed by atoms with Crippen molar-refractivity contribution in [3.05, 3.63) is 65.7 Å². The minimum Gasteiger partial charge on any atom is -0.336 e. The van der Waals surface area contributed by atoms with Crippen LogP contribution in [0.5, 0.6) is 0 Å². The van der Waals surface area contributed by atoms with Gasteiger partial charge in [0.25, 0.3) is 5.91 Å². The first-order chi connectivity index (χ1) is 14.0. The zero-order valence-corrected chi connectivity index (χ0v) is 17.7. The Morgan fingerprint density at radius 2 is 1.72 bits per heavy atom. The SMILES string of the molecule is CCCS(=O)(=O)Nc1cccc(C(=O)N2CCN(CCc3ccccc3)CC2)c1. The molecule has 29 heavy (non-hydrogen) atoms. The highest BCUT2D eigenvalue weighted by molar-refractivity contribution is 7.92. The average molecular weight is 416 g/mol. The summed E-state index contributed by atoms with van der Waals surface area (Å²) < 4.78 is 26.5. The molecule has 7 heteroatoms. The Morgan fingerprint density at radius 3 is 2.41 bits per heavy atom. The van der Waals surface area contributed by atoms with Gasteiger partial charge in [-0.2, -0.15) is 0 Å². The molecule has 3 rings (SSSR count). The van der Waals surface area contributed by atoms with Crippen molar-refractivity contribution in [1.82, 2.24) is 9.80 Å². The van der Waals surface area contributed by atoms with Gasteiger partial charge >= 0.3 is 0 Å². The maximum absolute atomic E-state index is 12.9. The first-order valence-electron chi connectivity index (χ1n) is 10.1. The van der Waals surface area contributed by atoms with Crippen molar-refractivity contribution < 1.29 is 13.2 Å². The second-order valence-corrected chi connectivity index (χ2v) is 9.21. The van der Waals surface area contributed by atoms with Crippen molar-refractivity contribution in [2.75, 3.05) is 43.2 Å². The van der Waals surface area contributed by atoms with Crippen molar-refractivity contribution in [2.24, 2.45) is 0 Å². The highest BCUT2D eigenvalue weighted by Gasteiger charge is 2.22. The van der Waals surface area contributed by atoms with Crippen LogP contribution in [-0.2, 0) is 16.4 Å². The van der Waals surface area contributed by atoms with E-state index in [9.17, 15) is 13.2 Å². The first kappa shape index (κ1) is 21.3. The van der Waals surface area contributed by atoms with Crippen LogP contribution in [0, 0.1) is 0 Å². The molecule has 1 fully saturated rings. The number of nitrogens with one attached hydrogen (secondary N) is 1. The third-order valence-electron chi connectivity index (χ3n) is 5.07. The standard InChI is InChI=1S/C22H29N3O3S/c1-2-17-29(27,28)23-21-10-6-9-20(18-21)22(26)25-15-13-24(14-16-25)12-11-19-7-4-3-5-8-19/h3-10,18,23H,2,11-17H2,1H3. The minimum atomic E-state index is -3.37. The Labute approximate surface area is 173 Å². The lowest BCUT2D eigenvalue weighted by molar-refractivity contribution is 0.0638. The number of carbonyl (C=O) groups excluding carboxylic acids is 1. The van der Waals surface area contributed by atoms with E-state index in [0.717, 1.165) is 26.1 Å². The van der Waals surface area contributed by atoms with Crippen LogP contribution in [0.25, 0.3) is 0 Å². The van der Waals surface area contributed by atoms with Crippen molar-refractivity contribution >= 4 is 21.6 Å². The van der Waals surface area contributed by atoms with Gasteiger partial charge < -0.3 is 4.90 Å². The van der Waals surface area contributed by atoms with Crippen LogP contribution in [0.3, 0.4) is 0 Å². The summed E-state index contributed by atoms with van der Waals surface area (Å²) in [5, 5.41) is 0. The Balaban J connectivity index is 1.53. The number of hydrogen-bond acceptors (Lipinski definition) is 4. The fraction of sp³-hybridized carbons (Fsp3) is 0.409. The predicted molar refractivity (Wildman–Crippen MR) is 117 cm³/mol. The normalized spacial score (nSPS) is 15.3. The quantitative estimate of drug-likeness (QED) is 0.720. The summed E-state index contributed by atoms with van der Waals surface area (Å²) in [6.45, 7) is 5.86. The molecule has 1 heterocycles. The molecule has 0 radical (unpaired) electrons. The Hall–Kier alpha value is -2.38. The molecule has 2 aromatic rings. The second-order valence-electron chi connectivity index (χ2n) is 7.37. The van der Waals surface area contributed by atoms with Gasteiger partial charge in [-0.3, -0.25) is 14.4 Å². The topological polar surface area (TPSA) is 69.7 Å². The van der Waals surface area contributed by atoms with Gasteiger partial charge in [0.05, 0.1) is 5.75 Å². The summed E-state index contributed by atoms with van der Waals surface area (Å²) in [6, 6.07) is 17.2. The largest absolute Gasteiger partial charge is 0.336 e. The van der Waals surface area contributed by atoms with Crippen LogP contribution in [0.2, 0.25) is 0 Å². The number of hydrogen-bond donors (Lipinski definition) is 1. The third kappa shape index (κ3) is 6.30. The molecule has 1 N–H and O–H groups in total. The number of nitrogens with zero attached hydrogens (tertiary/aromatic N) is 2. The number of benzene rings is 2. The molecule has 156 valence electrons. The molecule has 0 unspecified atom stereocenters. The monoisotopic (exact) mass is 415 g/mol. The van der Waals surface area contributed by atoms with Crippen LogP contribution in [0.1, 0.15) is 29.3 Å². The summed E-state index contributed by atoms with van der Waals surface area (Å²) in [7, 11) is -3.37. The summed E-state index contributed by atoms with van der Waals surface area (Å²) >= 11 is 0. The molecule has 0 aromatic heterocycles. The van der Waals surface area contributed by atoms with E-state index in [2.05, 4.69) is 33.9 Å². The average Bonchev–Trinajstić information content (AvgIpc) is 2.72. The molecule has 1 aliphatic rings. The lowest BCUT2D eigenvalue weighted by atomic mass is 10.1. The fourth-order valence-corrected chi connectivity index (χ4v) is 4.63. The van der Waals surface area contributed by atoms with Gasteiger partial charge in [-0.25, -0.2) is 8.42 Å². The molecule has 1 aliphatic heterocycles. The molecule has 0 bridgehead atoms. The number of anilines is 1. The molecule has 2 aromatic carbocycles. The van der Waals surface area contributed by atoms with Gasteiger partial charge in [0, 0.05) is 44.0 Å². The Bertz CT molecular complexity index is 908. The Kier molecular flexibility index (Phi) is 7.28. The van der Waals surface area contributed by atoms with E-state index in [1.165, 1.54) is 5.56 Å². The number of sulfonamides is 1. The van der Waals surface area contributed by atoms with Gasteiger partial charge in [0.2, 0.25) is 10.0 Å². The van der Waals surface area contributed by atoms with Gasteiger partial charge in [-0.05, 0) is 36.6 Å². The van der Waals surface area contributed by atoms with Crippen molar-refractivity contribution in [2.45, 2.75) is 19.8 Å². The lowest BCUT2D eigenvalue weighted by Gasteiger charge is -2.34. The van der Waals surface area contributed by atoms with Crippen molar-refractivity contribution in [3.8, 4) is 0 Å². The molecule has 1 amide bonds. The van der Waals surface area contributed by atoms with E-state index in [-0.39, 0.29) is 11.7 Å². The van der Waals surface area contributed by atoms with E-state index in [0.29, 0.717) is 30.8 Å². The fourth-order valence-electron chi connectivity index (χ4n) is 3.50. The van der Waals surface area contributed by atoms with Gasteiger partial charge in [-0.1, -0.05) is 43.3 Å². The summed E-state index contributed by atoms with van der Waals surface area (Å²) in [5.41, 5.74) is 2.28. The molecule has 6 nitrogen and oxygen atoms in total. The molecule has 0 aliphatic carbocycles.